The summed E-state index contributed by atoms with van der Waals surface area (Å²) in [4.78, 5) is 31.9. The van der Waals surface area contributed by atoms with E-state index in [9.17, 15) is 14.7 Å². The van der Waals surface area contributed by atoms with Gasteiger partial charge < -0.3 is 16.2 Å². The maximum Gasteiger partial charge on any atom is 0.330 e. The molecule has 2 rings (SSSR count). The molecule has 7 heteroatoms. The van der Waals surface area contributed by atoms with Crippen molar-refractivity contribution in [1.82, 2.24) is 15.3 Å². The monoisotopic (exact) mass is 328 g/mol. The van der Waals surface area contributed by atoms with Crippen LogP contribution in [0.25, 0.3) is 0 Å². The summed E-state index contributed by atoms with van der Waals surface area (Å²) in [6, 6.07) is 7.31. The maximum atomic E-state index is 12.4. The Balaban J connectivity index is 2.30. The second-order valence-corrected chi connectivity index (χ2v) is 5.85. The third-order valence-corrected chi connectivity index (χ3v) is 3.49. The molecule has 2 aromatic rings. The van der Waals surface area contributed by atoms with Gasteiger partial charge in [0, 0.05) is 5.69 Å². The molecule has 0 fully saturated rings. The minimum atomic E-state index is -1.17. The first-order chi connectivity index (χ1) is 11.3. The van der Waals surface area contributed by atoms with Crippen LogP contribution in [0.15, 0.2) is 30.3 Å². The van der Waals surface area contributed by atoms with Gasteiger partial charge in [0.1, 0.15) is 5.69 Å². The van der Waals surface area contributed by atoms with Gasteiger partial charge in [-0.3, -0.25) is 4.79 Å². The van der Waals surface area contributed by atoms with Gasteiger partial charge in [-0.15, -0.1) is 0 Å². The smallest absolute Gasteiger partial charge is 0.330 e. The first-order valence-corrected chi connectivity index (χ1v) is 7.52. The van der Waals surface area contributed by atoms with Crippen molar-refractivity contribution in [2.24, 2.45) is 0 Å². The molecular formula is C17H20N4O3. The first-order valence-electron chi connectivity index (χ1n) is 7.52. The van der Waals surface area contributed by atoms with Crippen LogP contribution in [0.1, 0.15) is 53.1 Å². The number of carboxylic acids is 1. The number of carboxylic acid groups (broad SMARTS) is 1. The SMILES string of the molecule is Cc1cccc(C(NC(=O)c2cc(C(C)C)nc(N)n2)C(=O)O)c1. The number of hydrogen-bond donors (Lipinski definition) is 3. The van der Waals surface area contributed by atoms with Crippen molar-refractivity contribution in [2.45, 2.75) is 32.7 Å². The number of aliphatic carboxylic acids is 1. The number of aryl methyl sites for hydroxylation is 1. The lowest BCUT2D eigenvalue weighted by Crippen LogP contribution is -2.34. The zero-order valence-electron chi connectivity index (χ0n) is 13.8. The third-order valence-electron chi connectivity index (χ3n) is 3.49. The second-order valence-electron chi connectivity index (χ2n) is 5.85. The van der Waals surface area contributed by atoms with Crippen molar-refractivity contribution in [3.63, 3.8) is 0 Å². The number of hydrogen-bond acceptors (Lipinski definition) is 5. The van der Waals surface area contributed by atoms with Gasteiger partial charge in [0.25, 0.3) is 5.91 Å². The Morgan fingerprint density at radius 3 is 2.50 bits per heavy atom. The fourth-order valence-corrected chi connectivity index (χ4v) is 2.24. The van der Waals surface area contributed by atoms with E-state index in [2.05, 4.69) is 15.3 Å². The number of carbonyl (C=O) groups excluding carboxylic acids is 1. The summed E-state index contributed by atoms with van der Waals surface area (Å²) in [6.45, 7) is 5.68. The number of nitrogens with zero attached hydrogens (tertiary/aromatic N) is 2. The van der Waals surface area contributed by atoms with Crippen molar-refractivity contribution in [2.75, 3.05) is 5.73 Å². The van der Waals surface area contributed by atoms with E-state index in [4.69, 9.17) is 5.73 Å². The minimum Gasteiger partial charge on any atom is -0.479 e. The average molecular weight is 328 g/mol. The van der Waals surface area contributed by atoms with Crippen LogP contribution in [0.3, 0.4) is 0 Å². The quantitative estimate of drug-likeness (QED) is 0.773. The Morgan fingerprint density at radius 1 is 1.21 bits per heavy atom. The largest absolute Gasteiger partial charge is 0.479 e. The fourth-order valence-electron chi connectivity index (χ4n) is 2.24. The van der Waals surface area contributed by atoms with E-state index in [0.29, 0.717) is 11.3 Å². The number of rotatable bonds is 5. The average Bonchev–Trinajstić information content (AvgIpc) is 2.51. The van der Waals surface area contributed by atoms with Crippen LogP contribution in [0, 0.1) is 6.92 Å². The molecule has 0 saturated carbocycles. The highest BCUT2D eigenvalue weighted by molar-refractivity contribution is 5.95. The first kappa shape index (κ1) is 17.4. The number of benzene rings is 1. The molecule has 1 aromatic heterocycles. The summed E-state index contributed by atoms with van der Waals surface area (Å²) in [6.07, 6.45) is 0. The van der Waals surface area contributed by atoms with Crippen LogP contribution in [-0.2, 0) is 4.79 Å². The zero-order valence-corrected chi connectivity index (χ0v) is 13.8. The van der Waals surface area contributed by atoms with Crippen molar-refractivity contribution < 1.29 is 14.7 Å². The number of nitrogens with one attached hydrogen (secondary N) is 1. The Hall–Kier alpha value is -2.96. The summed E-state index contributed by atoms with van der Waals surface area (Å²) in [7, 11) is 0. The topological polar surface area (TPSA) is 118 Å². The van der Waals surface area contributed by atoms with E-state index < -0.39 is 17.9 Å². The molecule has 0 aliphatic carbocycles. The van der Waals surface area contributed by atoms with Gasteiger partial charge in [-0.1, -0.05) is 43.7 Å². The normalized spacial score (nSPS) is 12.0. The van der Waals surface area contributed by atoms with Crippen molar-refractivity contribution in [3.8, 4) is 0 Å². The molecule has 0 saturated heterocycles. The van der Waals surface area contributed by atoms with Crippen LogP contribution in [0.4, 0.5) is 5.95 Å². The summed E-state index contributed by atoms with van der Waals surface area (Å²) in [5.74, 6) is -1.72. The lowest BCUT2D eigenvalue weighted by atomic mass is 10.0. The van der Waals surface area contributed by atoms with Crippen LogP contribution in [-0.4, -0.2) is 27.0 Å². The van der Waals surface area contributed by atoms with Crippen LogP contribution < -0.4 is 11.1 Å². The third kappa shape index (κ3) is 4.07. The van der Waals surface area contributed by atoms with Gasteiger partial charge in [0.15, 0.2) is 6.04 Å². The van der Waals surface area contributed by atoms with Gasteiger partial charge in [0.05, 0.1) is 0 Å². The Morgan fingerprint density at radius 2 is 1.92 bits per heavy atom. The molecule has 0 radical (unpaired) electrons. The number of nitrogen functional groups attached to an aromatic ring is 1. The van der Waals surface area contributed by atoms with Crippen molar-refractivity contribution >= 4 is 17.8 Å². The maximum absolute atomic E-state index is 12.4. The molecule has 24 heavy (non-hydrogen) atoms. The molecule has 0 aliphatic rings. The standard InChI is InChI=1S/C17H20N4O3/c1-9(2)12-8-13(20-17(18)19-12)15(22)21-14(16(23)24)11-6-4-5-10(3)7-11/h4-9,14H,1-3H3,(H,21,22)(H,23,24)(H2,18,19,20). The number of aromatic nitrogens is 2. The summed E-state index contributed by atoms with van der Waals surface area (Å²) in [5, 5.41) is 11.9. The molecule has 0 bridgehead atoms. The summed E-state index contributed by atoms with van der Waals surface area (Å²) < 4.78 is 0. The highest BCUT2D eigenvalue weighted by atomic mass is 16.4. The fraction of sp³-hybridized carbons (Fsp3) is 0.294. The molecule has 0 spiro atoms. The van der Waals surface area contributed by atoms with E-state index >= 15 is 0 Å². The lowest BCUT2D eigenvalue weighted by Gasteiger charge is -2.16. The van der Waals surface area contributed by atoms with Crippen molar-refractivity contribution in [1.29, 1.82) is 0 Å². The van der Waals surface area contributed by atoms with Crippen LogP contribution >= 0.6 is 0 Å². The summed E-state index contributed by atoms with van der Waals surface area (Å²) in [5.41, 5.74) is 7.70. The summed E-state index contributed by atoms with van der Waals surface area (Å²) >= 11 is 0. The number of carbonyl (C=O) groups is 2. The molecule has 1 heterocycles. The van der Waals surface area contributed by atoms with Gasteiger partial charge in [-0.25, -0.2) is 14.8 Å². The molecule has 4 N–H and O–H groups in total. The van der Waals surface area contributed by atoms with E-state index in [1.165, 1.54) is 6.07 Å². The van der Waals surface area contributed by atoms with Crippen LogP contribution in [0.5, 0.6) is 0 Å². The van der Waals surface area contributed by atoms with Gasteiger partial charge in [0.2, 0.25) is 5.95 Å². The predicted molar refractivity (Wildman–Crippen MR) is 89.6 cm³/mol. The Labute approximate surface area is 139 Å². The predicted octanol–water partition coefficient (Wildman–Crippen LogP) is 2.05. The van der Waals surface area contributed by atoms with E-state index in [-0.39, 0.29) is 17.6 Å². The second kappa shape index (κ2) is 7.08. The van der Waals surface area contributed by atoms with Gasteiger partial charge in [-0.05, 0) is 24.5 Å². The minimum absolute atomic E-state index is 0.0196. The highest BCUT2D eigenvalue weighted by Gasteiger charge is 2.24. The molecule has 1 unspecified atom stereocenters. The number of anilines is 1. The van der Waals surface area contributed by atoms with Crippen LogP contribution in [0.2, 0.25) is 0 Å². The van der Waals surface area contributed by atoms with Crippen molar-refractivity contribution in [3.05, 3.63) is 52.8 Å². The zero-order chi connectivity index (χ0) is 17.9. The number of amides is 1. The molecule has 1 amide bonds. The molecule has 7 nitrogen and oxygen atoms in total. The lowest BCUT2D eigenvalue weighted by molar-refractivity contribution is -0.139. The van der Waals surface area contributed by atoms with E-state index in [1.54, 1.807) is 18.2 Å². The highest BCUT2D eigenvalue weighted by Crippen LogP contribution is 2.17. The molecule has 1 atom stereocenters. The Bertz CT molecular complexity index is 774. The molecule has 0 aliphatic heterocycles. The molecule has 126 valence electrons. The van der Waals surface area contributed by atoms with Gasteiger partial charge in [-0.2, -0.15) is 0 Å². The van der Waals surface area contributed by atoms with E-state index in [0.717, 1.165) is 5.56 Å². The Kier molecular flexibility index (Phi) is 5.13. The number of nitrogens with two attached hydrogens (primary N) is 1. The van der Waals surface area contributed by atoms with E-state index in [1.807, 2.05) is 26.8 Å². The molecule has 1 aromatic carbocycles. The van der Waals surface area contributed by atoms with Gasteiger partial charge >= 0.3 is 5.97 Å². The molecular weight excluding hydrogens is 308 g/mol.